The molecule has 0 bridgehead atoms. The Kier molecular flexibility index (Phi) is 7.05. The fourth-order valence-corrected chi connectivity index (χ4v) is 4.56. The minimum absolute atomic E-state index is 0.0797. The first-order valence-electron chi connectivity index (χ1n) is 11.7. The zero-order chi connectivity index (χ0) is 25.1. The average molecular weight is 476 g/mol. The Morgan fingerprint density at radius 2 is 1.63 bits per heavy atom. The van der Waals surface area contributed by atoms with Gasteiger partial charge in [-0.3, -0.25) is 14.4 Å². The number of amides is 1. The molecule has 1 aliphatic heterocycles. The molecule has 7 nitrogen and oxygen atoms in total. The number of carbonyl (C=O) groups excluding carboxylic acids is 3. The monoisotopic (exact) mass is 475 g/mol. The van der Waals surface area contributed by atoms with E-state index in [-0.39, 0.29) is 34.7 Å². The van der Waals surface area contributed by atoms with Crippen LogP contribution in [0.25, 0.3) is 0 Å². The molecule has 0 spiro atoms. The zero-order valence-electron chi connectivity index (χ0n) is 20.1. The van der Waals surface area contributed by atoms with Crippen molar-refractivity contribution < 1.29 is 29.0 Å². The van der Waals surface area contributed by atoms with Gasteiger partial charge in [0.15, 0.2) is 23.1 Å². The van der Waals surface area contributed by atoms with Crippen LogP contribution in [0.3, 0.4) is 0 Å². The van der Waals surface area contributed by atoms with Crippen molar-refractivity contribution in [1.29, 1.82) is 0 Å². The first-order chi connectivity index (χ1) is 16.8. The third-order valence-corrected chi connectivity index (χ3v) is 6.65. The molecule has 2 N–H and O–H groups in total. The van der Waals surface area contributed by atoms with Gasteiger partial charge in [0.05, 0.1) is 5.56 Å². The molecule has 1 heterocycles. The molecule has 0 saturated carbocycles. The second-order valence-electron chi connectivity index (χ2n) is 8.82. The number of hydrogen-bond acceptors (Lipinski definition) is 6. The SMILES string of the molecule is CC1=C(C)C(=O)C(C(CCCNC(=O)c2ccccc2O)c2ccc3c(c2)OCCO3)=C(C)C1=O. The summed E-state index contributed by atoms with van der Waals surface area (Å²) in [6.07, 6.45) is 1.08. The smallest absolute Gasteiger partial charge is 0.255 e. The second kappa shape index (κ2) is 10.2. The lowest BCUT2D eigenvalue weighted by molar-refractivity contribution is -0.116. The highest BCUT2D eigenvalue weighted by Crippen LogP contribution is 2.40. The Morgan fingerprint density at radius 1 is 0.943 bits per heavy atom. The van der Waals surface area contributed by atoms with Gasteiger partial charge in [0, 0.05) is 34.8 Å². The number of fused-ring (bicyclic) bond motifs is 1. The summed E-state index contributed by atoms with van der Waals surface area (Å²) < 4.78 is 11.4. The lowest BCUT2D eigenvalue weighted by Gasteiger charge is -2.27. The first-order valence-corrected chi connectivity index (χ1v) is 11.7. The van der Waals surface area contributed by atoms with Crippen LogP contribution in [-0.4, -0.2) is 42.3 Å². The van der Waals surface area contributed by atoms with E-state index in [0.29, 0.717) is 66.4 Å². The number of allylic oxidation sites excluding steroid dienone is 4. The van der Waals surface area contributed by atoms with Crippen molar-refractivity contribution >= 4 is 17.5 Å². The van der Waals surface area contributed by atoms with E-state index in [1.807, 2.05) is 18.2 Å². The summed E-state index contributed by atoms with van der Waals surface area (Å²) in [7, 11) is 0. The van der Waals surface area contributed by atoms with E-state index in [1.54, 1.807) is 39.0 Å². The molecule has 1 unspecified atom stereocenters. The molecule has 4 rings (SSSR count). The Bertz CT molecular complexity index is 1260. The summed E-state index contributed by atoms with van der Waals surface area (Å²) in [5, 5.41) is 12.7. The molecule has 0 saturated heterocycles. The summed E-state index contributed by atoms with van der Waals surface area (Å²) in [5.41, 5.74) is 2.94. The molecule has 1 aliphatic carbocycles. The standard InChI is InChI=1S/C28H29NO6/c1-16-17(2)27(32)25(18(3)26(16)31)20(19-10-11-23-24(15-19)35-14-13-34-23)8-6-12-29-28(33)21-7-4-5-9-22(21)30/h4-5,7,9-11,15,20,30H,6,8,12-14H2,1-3H3,(H,29,33). The molecule has 7 heteroatoms. The maximum Gasteiger partial charge on any atom is 0.255 e. The van der Waals surface area contributed by atoms with Crippen molar-refractivity contribution in [2.45, 2.75) is 39.5 Å². The van der Waals surface area contributed by atoms with Crippen LogP contribution < -0.4 is 14.8 Å². The molecule has 1 amide bonds. The summed E-state index contributed by atoms with van der Waals surface area (Å²) in [5.74, 6) is 0.217. The van der Waals surface area contributed by atoms with Crippen LogP contribution in [0.15, 0.2) is 64.8 Å². The van der Waals surface area contributed by atoms with E-state index in [9.17, 15) is 19.5 Å². The highest BCUT2D eigenvalue weighted by atomic mass is 16.6. The third kappa shape index (κ3) is 4.85. The largest absolute Gasteiger partial charge is 0.507 e. The van der Waals surface area contributed by atoms with Crippen molar-refractivity contribution in [3.8, 4) is 17.2 Å². The lowest BCUT2D eigenvalue weighted by Crippen LogP contribution is -2.27. The third-order valence-electron chi connectivity index (χ3n) is 6.65. The first kappa shape index (κ1) is 24.3. The van der Waals surface area contributed by atoms with Gasteiger partial charge in [0.2, 0.25) is 0 Å². The van der Waals surface area contributed by atoms with Gasteiger partial charge >= 0.3 is 0 Å². The van der Waals surface area contributed by atoms with Crippen LogP contribution in [-0.2, 0) is 9.59 Å². The van der Waals surface area contributed by atoms with Crippen molar-refractivity contribution in [1.82, 2.24) is 5.32 Å². The van der Waals surface area contributed by atoms with Gasteiger partial charge in [-0.2, -0.15) is 0 Å². The van der Waals surface area contributed by atoms with Crippen LogP contribution in [0.1, 0.15) is 55.5 Å². The number of ether oxygens (including phenoxy) is 2. The van der Waals surface area contributed by atoms with E-state index in [1.165, 1.54) is 6.07 Å². The highest BCUT2D eigenvalue weighted by molar-refractivity contribution is 6.25. The Balaban J connectivity index is 1.58. The summed E-state index contributed by atoms with van der Waals surface area (Å²) in [6.45, 7) is 6.35. The predicted octanol–water partition coefficient (Wildman–Crippen LogP) is 4.26. The molecule has 35 heavy (non-hydrogen) atoms. The summed E-state index contributed by atoms with van der Waals surface area (Å²) >= 11 is 0. The molecule has 0 radical (unpaired) electrons. The number of Topliss-reactive ketones (excluding diaryl/α,β-unsaturated/α-hetero) is 2. The number of ketones is 2. The summed E-state index contributed by atoms with van der Waals surface area (Å²) in [6, 6.07) is 12.0. The maximum atomic E-state index is 13.3. The molecule has 2 aliphatic rings. The van der Waals surface area contributed by atoms with E-state index in [0.717, 1.165) is 5.56 Å². The van der Waals surface area contributed by atoms with Gasteiger partial charge in [0.1, 0.15) is 19.0 Å². The van der Waals surface area contributed by atoms with Crippen LogP contribution >= 0.6 is 0 Å². The fourth-order valence-electron chi connectivity index (χ4n) is 4.56. The van der Waals surface area contributed by atoms with Gasteiger partial charge in [-0.1, -0.05) is 18.2 Å². The average Bonchev–Trinajstić information content (AvgIpc) is 2.87. The van der Waals surface area contributed by atoms with Gasteiger partial charge in [0.25, 0.3) is 5.91 Å². The minimum Gasteiger partial charge on any atom is -0.507 e. The number of rotatable bonds is 7. The van der Waals surface area contributed by atoms with Crippen LogP contribution in [0.4, 0.5) is 0 Å². The number of nitrogens with one attached hydrogen (secondary N) is 1. The van der Waals surface area contributed by atoms with Gasteiger partial charge in [-0.15, -0.1) is 0 Å². The Labute approximate surface area is 204 Å². The predicted molar refractivity (Wildman–Crippen MR) is 131 cm³/mol. The quantitative estimate of drug-likeness (QED) is 0.458. The molecule has 2 aromatic rings. The van der Waals surface area contributed by atoms with E-state index < -0.39 is 0 Å². The summed E-state index contributed by atoms with van der Waals surface area (Å²) in [4.78, 5) is 38.7. The Morgan fingerprint density at radius 3 is 2.37 bits per heavy atom. The van der Waals surface area contributed by atoms with Gasteiger partial charge in [-0.25, -0.2) is 0 Å². The topological polar surface area (TPSA) is 102 Å². The molecular weight excluding hydrogens is 446 g/mol. The van der Waals surface area contributed by atoms with Crippen LogP contribution in [0.2, 0.25) is 0 Å². The number of carbonyl (C=O) groups is 3. The second-order valence-corrected chi connectivity index (χ2v) is 8.82. The minimum atomic E-state index is -0.368. The van der Waals surface area contributed by atoms with E-state index in [2.05, 4.69) is 5.32 Å². The number of phenols is 1. The van der Waals surface area contributed by atoms with Crippen molar-refractivity contribution in [3.05, 3.63) is 75.9 Å². The number of benzene rings is 2. The van der Waals surface area contributed by atoms with Crippen molar-refractivity contribution in [2.24, 2.45) is 0 Å². The van der Waals surface area contributed by atoms with Gasteiger partial charge in [-0.05, 0) is 63.4 Å². The van der Waals surface area contributed by atoms with Gasteiger partial charge < -0.3 is 19.9 Å². The number of phenolic OH excluding ortho intramolecular Hbond substituents is 1. The molecule has 0 fully saturated rings. The van der Waals surface area contributed by atoms with E-state index in [4.69, 9.17) is 9.47 Å². The lowest BCUT2D eigenvalue weighted by atomic mass is 9.76. The Hall–Kier alpha value is -3.87. The number of hydrogen-bond donors (Lipinski definition) is 2. The molecular formula is C28H29NO6. The van der Waals surface area contributed by atoms with E-state index >= 15 is 0 Å². The maximum absolute atomic E-state index is 13.3. The molecule has 1 atom stereocenters. The molecule has 0 aromatic heterocycles. The highest BCUT2D eigenvalue weighted by Gasteiger charge is 2.33. The van der Waals surface area contributed by atoms with Crippen LogP contribution in [0, 0.1) is 0 Å². The number of aromatic hydroxyl groups is 1. The number of para-hydroxylation sites is 1. The normalized spacial score (nSPS) is 16.4. The van der Waals surface area contributed by atoms with Crippen molar-refractivity contribution in [2.75, 3.05) is 19.8 Å². The van der Waals surface area contributed by atoms with Crippen molar-refractivity contribution in [3.63, 3.8) is 0 Å². The van der Waals surface area contributed by atoms with Crippen LogP contribution in [0.5, 0.6) is 17.2 Å². The molecule has 182 valence electrons. The zero-order valence-corrected chi connectivity index (χ0v) is 20.1. The molecule has 2 aromatic carbocycles. The fraction of sp³-hybridized carbons (Fsp3) is 0.321.